The number of aliphatic hydroxyl groups is 4. The minimum absolute atomic E-state index is 0.0508. The first-order chi connectivity index (χ1) is 20.9. The second-order valence-corrected chi connectivity index (χ2v) is 10.4. The number of aliphatic hydroxyl groups excluding tert-OH is 4. The Morgan fingerprint density at radius 1 is 0.907 bits per heavy atom. The number of hydrogen-bond donors (Lipinski definition) is 4. The lowest BCUT2D eigenvalue weighted by molar-refractivity contribution is -0.277. The lowest BCUT2D eigenvalue weighted by Crippen LogP contribution is -2.60. The van der Waals surface area contributed by atoms with Crippen molar-refractivity contribution < 1.29 is 48.9 Å². The molecule has 3 aromatic rings. The molecule has 2 heterocycles. The van der Waals surface area contributed by atoms with Crippen LogP contribution in [0, 0.1) is 0 Å². The van der Waals surface area contributed by atoms with E-state index in [0.29, 0.717) is 29.2 Å². The number of hydrogen-bond acceptors (Lipinski definition) is 10. The molecule has 0 aliphatic carbocycles. The zero-order chi connectivity index (χ0) is 30.3. The molecule has 0 spiro atoms. The summed E-state index contributed by atoms with van der Waals surface area (Å²) in [6.07, 6.45) is -1.76. The summed E-state index contributed by atoms with van der Waals surface area (Å²) in [4.78, 5) is 13.9. The predicted octanol–water partition coefficient (Wildman–Crippen LogP) is 3.34. The fourth-order valence-electron chi connectivity index (χ4n) is 5.13. The molecule has 6 atom stereocenters. The van der Waals surface area contributed by atoms with Crippen LogP contribution < -0.4 is 14.2 Å². The first-order valence-electron chi connectivity index (χ1n) is 14.2. The van der Waals surface area contributed by atoms with Crippen molar-refractivity contribution in [3.05, 3.63) is 83.9 Å². The number of allylic oxidation sites excluding steroid dienone is 1. The number of ether oxygens (including phenoxy) is 5. The maximum Gasteiger partial charge on any atom is 0.229 e. The third-order valence-electron chi connectivity index (χ3n) is 7.46. The van der Waals surface area contributed by atoms with Crippen LogP contribution in [0.25, 0.3) is 17.2 Å². The SMILES string of the molecule is COc1ccc(O[C@@H]2O[C@H](CO)[C@@H](O)[C@H](O)[C@H]2O)c(C(=O)C=Cc2ccc(OC3CCCCO3)cc2)c1-c1ccccc1. The number of carbonyl (C=O) groups is 1. The van der Waals surface area contributed by atoms with Gasteiger partial charge in [-0.3, -0.25) is 4.79 Å². The van der Waals surface area contributed by atoms with Crippen molar-refractivity contribution in [3.8, 4) is 28.4 Å². The van der Waals surface area contributed by atoms with Crippen LogP contribution in [-0.4, -0.2) is 83.5 Å². The minimum Gasteiger partial charge on any atom is -0.496 e. The Morgan fingerprint density at radius 2 is 1.65 bits per heavy atom. The van der Waals surface area contributed by atoms with E-state index in [0.717, 1.165) is 24.8 Å². The molecular weight excluding hydrogens is 556 g/mol. The molecule has 228 valence electrons. The molecule has 0 amide bonds. The van der Waals surface area contributed by atoms with Crippen LogP contribution in [0.1, 0.15) is 35.2 Å². The molecule has 2 aliphatic rings. The van der Waals surface area contributed by atoms with Crippen molar-refractivity contribution in [2.24, 2.45) is 0 Å². The monoisotopic (exact) mass is 592 g/mol. The summed E-state index contributed by atoms with van der Waals surface area (Å²) in [5.74, 6) is 0.712. The maximum atomic E-state index is 13.9. The summed E-state index contributed by atoms with van der Waals surface area (Å²) in [6.45, 7) is 0.0691. The fraction of sp³-hybridized carbons (Fsp3) is 0.364. The van der Waals surface area contributed by atoms with Gasteiger partial charge in [-0.05, 0) is 54.3 Å². The number of methoxy groups -OCH3 is 1. The summed E-state index contributed by atoms with van der Waals surface area (Å²) in [5.41, 5.74) is 2.02. The lowest BCUT2D eigenvalue weighted by atomic mass is 9.94. The molecule has 43 heavy (non-hydrogen) atoms. The quantitative estimate of drug-likeness (QED) is 0.204. The summed E-state index contributed by atoms with van der Waals surface area (Å²) < 4.78 is 28.7. The van der Waals surface area contributed by atoms with Crippen LogP contribution in [0.2, 0.25) is 0 Å². The minimum atomic E-state index is -1.65. The van der Waals surface area contributed by atoms with E-state index in [2.05, 4.69) is 0 Å². The Kier molecular flexibility index (Phi) is 10.1. The Balaban J connectivity index is 1.46. The van der Waals surface area contributed by atoms with E-state index in [-0.39, 0.29) is 17.6 Å². The third kappa shape index (κ3) is 7.07. The van der Waals surface area contributed by atoms with Gasteiger partial charge in [-0.15, -0.1) is 0 Å². The standard InChI is InChI=1S/C33H36O10/c1-39-24-16-17-25(42-33-32(38)31(37)30(36)26(19-34)43-33)29(28(24)21-7-3-2-4-8-21)23(35)15-12-20-10-13-22(14-11-20)41-27-9-5-6-18-40-27/h2-4,7-8,10-17,26-27,30-34,36-38H,5-6,9,18-19H2,1H3/t26-,27?,30-,31+,32-,33-/m1/s1. The van der Waals surface area contributed by atoms with Crippen molar-refractivity contribution >= 4 is 11.9 Å². The first-order valence-corrected chi connectivity index (χ1v) is 14.2. The average molecular weight is 593 g/mol. The van der Waals surface area contributed by atoms with Crippen LogP contribution in [0.5, 0.6) is 17.2 Å². The Bertz CT molecular complexity index is 1380. The summed E-state index contributed by atoms with van der Waals surface area (Å²) in [7, 11) is 1.49. The third-order valence-corrected chi connectivity index (χ3v) is 7.46. The summed E-state index contributed by atoms with van der Waals surface area (Å²) >= 11 is 0. The highest BCUT2D eigenvalue weighted by Gasteiger charge is 2.45. The molecule has 5 rings (SSSR count). The largest absolute Gasteiger partial charge is 0.496 e. The van der Waals surface area contributed by atoms with Crippen LogP contribution in [0.3, 0.4) is 0 Å². The van der Waals surface area contributed by atoms with E-state index >= 15 is 0 Å². The van der Waals surface area contributed by atoms with Gasteiger partial charge in [0.1, 0.15) is 41.7 Å². The highest BCUT2D eigenvalue weighted by molar-refractivity contribution is 6.13. The van der Waals surface area contributed by atoms with Gasteiger partial charge in [-0.1, -0.05) is 48.5 Å². The number of ketones is 1. The van der Waals surface area contributed by atoms with E-state index < -0.39 is 43.1 Å². The molecule has 0 bridgehead atoms. The van der Waals surface area contributed by atoms with Gasteiger partial charge < -0.3 is 44.1 Å². The maximum absolute atomic E-state index is 13.9. The zero-order valence-corrected chi connectivity index (χ0v) is 23.7. The molecule has 10 heteroatoms. The molecule has 0 aromatic heterocycles. The smallest absolute Gasteiger partial charge is 0.229 e. The number of rotatable bonds is 10. The highest BCUT2D eigenvalue weighted by Crippen LogP contribution is 2.40. The van der Waals surface area contributed by atoms with Gasteiger partial charge in [0.25, 0.3) is 0 Å². The highest BCUT2D eigenvalue weighted by atomic mass is 16.7. The number of benzene rings is 3. The molecule has 3 aromatic carbocycles. The van der Waals surface area contributed by atoms with Crippen LogP contribution in [-0.2, 0) is 9.47 Å². The van der Waals surface area contributed by atoms with E-state index in [1.807, 2.05) is 54.6 Å². The van der Waals surface area contributed by atoms with Crippen molar-refractivity contribution in [1.82, 2.24) is 0 Å². The van der Waals surface area contributed by atoms with Crippen LogP contribution in [0.15, 0.2) is 72.8 Å². The number of carbonyl (C=O) groups excluding carboxylic acids is 1. The van der Waals surface area contributed by atoms with Crippen molar-refractivity contribution in [1.29, 1.82) is 0 Å². The molecule has 1 unspecified atom stereocenters. The average Bonchev–Trinajstić information content (AvgIpc) is 3.05. The van der Waals surface area contributed by atoms with E-state index in [1.165, 1.54) is 19.3 Å². The summed E-state index contributed by atoms with van der Waals surface area (Å²) in [5, 5.41) is 40.7. The van der Waals surface area contributed by atoms with Gasteiger partial charge >= 0.3 is 0 Å². The second-order valence-electron chi connectivity index (χ2n) is 10.4. The molecule has 2 aliphatic heterocycles. The van der Waals surface area contributed by atoms with E-state index in [4.69, 9.17) is 23.7 Å². The van der Waals surface area contributed by atoms with Gasteiger partial charge in [-0.25, -0.2) is 0 Å². The van der Waals surface area contributed by atoms with Crippen LogP contribution >= 0.6 is 0 Å². The van der Waals surface area contributed by atoms with Gasteiger partial charge in [-0.2, -0.15) is 0 Å². The van der Waals surface area contributed by atoms with Crippen molar-refractivity contribution in [3.63, 3.8) is 0 Å². The lowest BCUT2D eigenvalue weighted by Gasteiger charge is -2.39. The normalized spacial score (nSPS) is 25.8. The molecule has 2 saturated heterocycles. The summed E-state index contributed by atoms with van der Waals surface area (Å²) in [6, 6.07) is 19.6. The molecular formula is C33H36O10. The van der Waals surface area contributed by atoms with Crippen LogP contribution in [0.4, 0.5) is 0 Å². The molecule has 0 saturated carbocycles. The van der Waals surface area contributed by atoms with Crippen molar-refractivity contribution in [2.75, 3.05) is 20.3 Å². The second kappa shape index (κ2) is 14.1. The topological polar surface area (TPSA) is 144 Å². The Labute approximate surface area is 249 Å². The molecule has 2 fully saturated rings. The van der Waals surface area contributed by atoms with Gasteiger partial charge in [0.05, 0.1) is 25.9 Å². The Hall–Kier alpha value is -3.77. The molecule has 10 nitrogen and oxygen atoms in total. The molecule has 4 N–H and O–H groups in total. The van der Waals surface area contributed by atoms with E-state index in [1.54, 1.807) is 12.1 Å². The first kappa shape index (κ1) is 30.7. The van der Waals surface area contributed by atoms with Gasteiger partial charge in [0, 0.05) is 12.0 Å². The zero-order valence-electron chi connectivity index (χ0n) is 23.7. The molecule has 0 radical (unpaired) electrons. The van der Waals surface area contributed by atoms with E-state index in [9.17, 15) is 25.2 Å². The van der Waals surface area contributed by atoms with Gasteiger partial charge in [0.2, 0.25) is 6.29 Å². The Morgan fingerprint density at radius 3 is 2.33 bits per heavy atom. The van der Waals surface area contributed by atoms with Crippen molar-refractivity contribution in [2.45, 2.75) is 56.3 Å². The predicted molar refractivity (Wildman–Crippen MR) is 157 cm³/mol. The van der Waals surface area contributed by atoms with Gasteiger partial charge in [0.15, 0.2) is 12.1 Å². The fourth-order valence-corrected chi connectivity index (χ4v) is 5.13.